The number of amides is 1. The van der Waals surface area contributed by atoms with Crippen molar-refractivity contribution < 1.29 is 23.1 Å². The number of hydrogen-bond acceptors (Lipinski definition) is 2. The summed E-state index contributed by atoms with van der Waals surface area (Å²) < 4.78 is 38.0. The van der Waals surface area contributed by atoms with Crippen LogP contribution in [-0.4, -0.2) is 11.0 Å². The molecule has 86 valence electrons. The molecule has 0 aliphatic carbocycles. The molecule has 0 saturated heterocycles. The summed E-state index contributed by atoms with van der Waals surface area (Å²) in [5.41, 5.74) is -0.974. The molecule has 1 aromatic carbocycles. The number of phenolic OH excluding ortho intramolecular Hbond substituents is 1. The molecule has 0 spiro atoms. The first-order valence-corrected chi connectivity index (χ1v) is 4.61. The second-order valence-electron chi connectivity index (χ2n) is 3.53. The minimum Gasteiger partial charge on any atom is -0.507 e. The molecule has 0 fully saturated rings. The quantitative estimate of drug-likeness (QED) is 0.673. The van der Waals surface area contributed by atoms with Crippen LogP contribution in [0.2, 0.25) is 0 Å². The zero-order valence-corrected chi connectivity index (χ0v) is 8.06. The Morgan fingerprint density at radius 2 is 1.94 bits per heavy atom. The molecule has 1 aliphatic heterocycles. The predicted molar refractivity (Wildman–Crippen MR) is 50.1 cm³/mol. The SMILES string of the molecule is O=C1CCc2c(ccc(O)c2C(F)(F)F)N1. The molecule has 6 heteroatoms. The minimum absolute atomic E-state index is 0.000463. The smallest absolute Gasteiger partial charge is 0.420 e. The van der Waals surface area contributed by atoms with Gasteiger partial charge in [-0.05, 0) is 24.1 Å². The van der Waals surface area contributed by atoms with Gasteiger partial charge in [0.25, 0.3) is 0 Å². The molecule has 1 heterocycles. The summed E-state index contributed by atoms with van der Waals surface area (Å²) in [7, 11) is 0. The van der Waals surface area contributed by atoms with Crippen molar-refractivity contribution in [2.75, 3.05) is 5.32 Å². The zero-order valence-electron chi connectivity index (χ0n) is 8.06. The first kappa shape index (κ1) is 10.8. The largest absolute Gasteiger partial charge is 0.507 e. The number of anilines is 1. The van der Waals surface area contributed by atoms with Gasteiger partial charge in [0.05, 0.1) is 0 Å². The van der Waals surface area contributed by atoms with Crippen LogP contribution in [0.1, 0.15) is 17.5 Å². The molecule has 0 saturated carbocycles. The van der Waals surface area contributed by atoms with E-state index in [1.807, 2.05) is 0 Å². The van der Waals surface area contributed by atoms with Gasteiger partial charge in [-0.15, -0.1) is 0 Å². The first-order chi connectivity index (χ1) is 7.39. The number of carbonyl (C=O) groups excluding carboxylic acids is 1. The Bertz CT molecular complexity index is 454. The number of nitrogens with one attached hydrogen (secondary N) is 1. The van der Waals surface area contributed by atoms with Gasteiger partial charge in [-0.3, -0.25) is 4.79 Å². The molecule has 0 atom stereocenters. The summed E-state index contributed by atoms with van der Waals surface area (Å²) >= 11 is 0. The van der Waals surface area contributed by atoms with Gasteiger partial charge in [0.15, 0.2) is 0 Å². The van der Waals surface area contributed by atoms with Gasteiger partial charge in [0.1, 0.15) is 11.3 Å². The number of fused-ring (bicyclic) bond motifs is 1. The van der Waals surface area contributed by atoms with E-state index in [1.165, 1.54) is 6.07 Å². The maximum atomic E-state index is 12.7. The fourth-order valence-electron chi connectivity index (χ4n) is 1.78. The molecule has 1 amide bonds. The Morgan fingerprint density at radius 3 is 2.56 bits per heavy atom. The highest BCUT2D eigenvalue weighted by atomic mass is 19.4. The van der Waals surface area contributed by atoms with Crippen LogP contribution in [0.15, 0.2) is 12.1 Å². The lowest BCUT2D eigenvalue weighted by molar-refractivity contribution is -0.139. The van der Waals surface area contributed by atoms with Gasteiger partial charge >= 0.3 is 6.18 Å². The van der Waals surface area contributed by atoms with Gasteiger partial charge < -0.3 is 10.4 Å². The monoisotopic (exact) mass is 231 g/mol. The number of rotatable bonds is 0. The van der Waals surface area contributed by atoms with Crippen molar-refractivity contribution in [1.82, 2.24) is 0 Å². The Morgan fingerprint density at radius 1 is 1.25 bits per heavy atom. The van der Waals surface area contributed by atoms with Crippen LogP contribution in [0.3, 0.4) is 0 Å². The molecule has 2 rings (SSSR count). The lowest BCUT2D eigenvalue weighted by Gasteiger charge is -2.21. The number of aromatic hydroxyl groups is 1. The third-order valence-corrected chi connectivity index (χ3v) is 2.45. The number of benzene rings is 1. The van der Waals surface area contributed by atoms with Crippen LogP contribution >= 0.6 is 0 Å². The van der Waals surface area contributed by atoms with Crippen molar-refractivity contribution >= 4 is 11.6 Å². The summed E-state index contributed by atoms with van der Waals surface area (Å²) in [5.74, 6) is -1.12. The van der Waals surface area contributed by atoms with E-state index in [0.29, 0.717) is 0 Å². The molecule has 0 bridgehead atoms. The molecule has 1 aromatic rings. The highest BCUT2D eigenvalue weighted by Crippen LogP contribution is 2.42. The Balaban J connectivity index is 2.60. The summed E-state index contributed by atoms with van der Waals surface area (Å²) in [6, 6.07) is 2.21. The van der Waals surface area contributed by atoms with E-state index >= 15 is 0 Å². The van der Waals surface area contributed by atoms with Gasteiger partial charge in [0, 0.05) is 12.1 Å². The minimum atomic E-state index is -4.61. The van der Waals surface area contributed by atoms with Crippen molar-refractivity contribution in [2.45, 2.75) is 19.0 Å². The van der Waals surface area contributed by atoms with E-state index in [4.69, 9.17) is 0 Å². The molecule has 0 radical (unpaired) electrons. The van der Waals surface area contributed by atoms with Gasteiger partial charge in [0.2, 0.25) is 5.91 Å². The number of hydrogen-bond donors (Lipinski definition) is 2. The second kappa shape index (κ2) is 3.40. The topological polar surface area (TPSA) is 49.3 Å². The average molecular weight is 231 g/mol. The fourth-order valence-corrected chi connectivity index (χ4v) is 1.78. The molecule has 0 unspecified atom stereocenters. The van der Waals surface area contributed by atoms with Crippen LogP contribution in [0.4, 0.5) is 18.9 Å². The molecule has 3 nitrogen and oxygen atoms in total. The maximum absolute atomic E-state index is 12.7. The lowest BCUT2D eigenvalue weighted by atomic mass is 9.96. The van der Waals surface area contributed by atoms with E-state index in [0.717, 1.165) is 6.07 Å². The Labute approximate surface area is 88.9 Å². The second-order valence-corrected chi connectivity index (χ2v) is 3.53. The number of carbonyl (C=O) groups is 1. The van der Waals surface area contributed by atoms with E-state index in [1.54, 1.807) is 0 Å². The van der Waals surface area contributed by atoms with Crippen LogP contribution < -0.4 is 5.32 Å². The van der Waals surface area contributed by atoms with Crippen LogP contribution in [0.5, 0.6) is 5.75 Å². The van der Waals surface area contributed by atoms with Crippen molar-refractivity contribution in [3.8, 4) is 5.75 Å². The molecular weight excluding hydrogens is 223 g/mol. The van der Waals surface area contributed by atoms with Crippen LogP contribution in [0, 0.1) is 0 Å². The highest BCUT2D eigenvalue weighted by Gasteiger charge is 2.38. The van der Waals surface area contributed by atoms with E-state index < -0.39 is 17.5 Å². The van der Waals surface area contributed by atoms with Gasteiger partial charge in [-0.1, -0.05) is 0 Å². The number of alkyl halides is 3. The summed E-state index contributed by atoms with van der Waals surface area (Å²) in [5, 5.41) is 11.6. The Kier molecular flexibility index (Phi) is 2.29. The fraction of sp³-hybridized carbons (Fsp3) is 0.300. The van der Waals surface area contributed by atoms with Crippen LogP contribution in [-0.2, 0) is 17.4 Å². The molecule has 0 aromatic heterocycles. The van der Waals surface area contributed by atoms with Crippen molar-refractivity contribution in [3.63, 3.8) is 0 Å². The number of phenols is 1. The van der Waals surface area contributed by atoms with Crippen molar-refractivity contribution in [1.29, 1.82) is 0 Å². The summed E-state index contributed by atoms with van der Waals surface area (Å²) in [4.78, 5) is 11.0. The first-order valence-electron chi connectivity index (χ1n) is 4.61. The van der Waals surface area contributed by atoms with E-state index in [-0.39, 0.29) is 30.0 Å². The van der Waals surface area contributed by atoms with Gasteiger partial charge in [-0.25, -0.2) is 0 Å². The molecule has 2 N–H and O–H groups in total. The summed E-state index contributed by atoms with van der Waals surface area (Å²) in [6.45, 7) is 0. The average Bonchev–Trinajstić information content (AvgIpc) is 2.16. The zero-order chi connectivity index (χ0) is 11.9. The summed E-state index contributed by atoms with van der Waals surface area (Å²) in [6.07, 6.45) is -4.62. The highest BCUT2D eigenvalue weighted by molar-refractivity contribution is 5.94. The third kappa shape index (κ3) is 1.70. The van der Waals surface area contributed by atoms with Crippen molar-refractivity contribution in [2.24, 2.45) is 0 Å². The van der Waals surface area contributed by atoms with Gasteiger partial charge in [-0.2, -0.15) is 13.2 Å². The predicted octanol–water partition coefficient (Wildman–Crippen LogP) is 2.30. The molecular formula is C10H8F3NO2. The molecule has 16 heavy (non-hydrogen) atoms. The molecule has 1 aliphatic rings. The van der Waals surface area contributed by atoms with Crippen LogP contribution in [0.25, 0.3) is 0 Å². The Hall–Kier alpha value is -1.72. The van der Waals surface area contributed by atoms with Crippen molar-refractivity contribution in [3.05, 3.63) is 23.3 Å². The van der Waals surface area contributed by atoms with E-state index in [2.05, 4.69) is 5.32 Å². The van der Waals surface area contributed by atoms with E-state index in [9.17, 15) is 23.1 Å². The normalized spacial score (nSPS) is 15.6. The maximum Gasteiger partial charge on any atom is 0.420 e. The number of halogens is 3. The lowest BCUT2D eigenvalue weighted by Crippen LogP contribution is -2.22. The standard InChI is InChI=1S/C10H8F3NO2/c11-10(12,13)9-5-1-4-8(16)14-6(5)2-3-7(9)15/h2-3,15H,1,4H2,(H,14,16). The third-order valence-electron chi connectivity index (χ3n) is 2.45.